The Labute approximate surface area is 113 Å². The number of carbonyl (C=O) groups is 1. The highest BCUT2D eigenvalue weighted by molar-refractivity contribution is 5.74. The van der Waals surface area contributed by atoms with E-state index in [0.717, 1.165) is 16.7 Å². The maximum Gasteiger partial charge on any atom is 0.309 e. The third-order valence-corrected chi connectivity index (χ3v) is 3.26. The summed E-state index contributed by atoms with van der Waals surface area (Å²) >= 11 is 0. The van der Waals surface area contributed by atoms with Crippen molar-refractivity contribution < 1.29 is 9.90 Å². The van der Waals surface area contributed by atoms with Crippen LogP contribution in [0.5, 0.6) is 0 Å². The molecule has 2 aromatic carbocycles. The molecule has 19 heavy (non-hydrogen) atoms. The van der Waals surface area contributed by atoms with Crippen molar-refractivity contribution in [2.45, 2.75) is 20.3 Å². The lowest BCUT2D eigenvalue weighted by atomic mass is 9.85. The lowest BCUT2D eigenvalue weighted by Crippen LogP contribution is -2.26. The fraction of sp³-hybridized carbons (Fsp3) is 0.235. The monoisotopic (exact) mass is 254 g/mol. The molecule has 2 nitrogen and oxygen atoms in total. The van der Waals surface area contributed by atoms with Gasteiger partial charge >= 0.3 is 5.97 Å². The summed E-state index contributed by atoms with van der Waals surface area (Å²) in [7, 11) is 0. The van der Waals surface area contributed by atoms with Crippen molar-refractivity contribution in [2.75, 3.05) is 0 Å². The molecule has 0 saturated carbocycles. The van der Waals surface area contributed by atoms with Crippen LogP contribution in [-0.2, 0) is 11.2 Å². The number of aliphatic carboxylic acids is 1. The highest BCUT2D eigenvalue weighted by atomic mass is 16.4. The fourth-order valence-electron chi connectivity index (χ4n) is 2.08. The maximum absolute atomic E-state index is 11.2. The lowest BCUT2D eigenvalue weighted by Gasteiger charge is -2.19. The van der Waals surface area contributed by atoms with Gasteiger partial charge in [0.15, 0.2) is 0 Å². The number of hydrogen-bond acceptors (Lipinski definition) is 1. The zero-order valence-electron chi connectivity index (χ0n) is 11.3. The molecule has 0 saturated heterocycles. The van der Waals surface area contributed by atoms with Crippen LogP contribution in [-0.4, -0.2) is 11.1 Å². The molecule has 0 atom stereocenters. The van der Waals surface area contributed by atoms with Gasteiger partial charge in [-0.15, -0.1) is 0 Å². The zero-order chi connectivity index (χ0) is 13.9. The van der Waals surface area contributed by atoms with Crippen LogP contribution in [0.25, 0.3) is 11.1 Å². The molecule has 0 spiro atoms. The molecule has 0 bridgehead atoms. The van der Waals surface area contributed by atoms with Crippen molar-refractivity contribution >= 4 is 5.97 Å². The second-order valence-electron chi connectivity index (χ2n) is 5.43. The molecule has 0 aromatic heterocycles. The summed E-state index contributed by atoms with van der Waals surface area (Å²) in [4.78, 5) is 11.2. The Bertz CT molecular complexity index is 571. The number of carboxylic acids is 1. The summed E-state index contributed by atoms with van der Waals surface area (Å²) < 4.78 is 0. The van der Waals surface area contributed by atoms with Crippen molar-refractivity contribution in [1.82, 2.24) is 0 Å². The van der Waals surface area contributed by atoms with Crippen molar-refractivity contribution in [3.05, 3.63) is 60.2 Å². The lowest BCUT2D eigenvalue weighted by molar-refractivity contribution is -0.146. The van der Waals surface area contributed by atoms with Crippen LogP contribution < -0.4 is 0 Å². The van der Waals surface area contributed by atoms with Crippen molar-refractivity contribution in [3.8, 4) is 11.1 Å². The van der Waals surface area contributed by atoms with Gasteiger partial charge in [-0.25, -0.2) is 0 Å². The second kappa shape index (κ2) is 5.27. The molecule has 0 unspecified atom stereocenters. The van der Waals surface area contributed by atoms with Gasteiger partial charge in [-0.3, -0.25) is 4.79 Å². The van der Waals surface area contributed by atoms with Crippen LogP contribution in [0.2, 0.25) is 0 Å². The Morgan fingerprint density at radius 3 is 2.26 bits per heavy atom. The Hall–Kier alpha value is -2.09. The van der Waals surface area contributed by atoms with Crippen LogP contribution in [0, 0.1) is 5.41 Å². The van der Waals surface area contributed by atoms with Gasteiger partial charge in [-0.05, 0) is 37.0 Å². The molecule has 1 N–H and O–H groups in total. The highest BCUT2D eigenvalue weighted by Gasteiger charge is 2.27. The fourth-order valence-corrected chi connectivity index (χ4v) is 2.08. The SMILES string of the molecule is CC(C)(Cc1cccc(-c2ccccc2)c1)C(=O)O. The Morgan fingerprint density at radius 2 is 1.63 bits per heavy atom. The first-order valence-corrected chi connectivity index (χ1v) is 6.37. The minimum atomic E-state index is -0.766. The third-order valence-electron chi connectivity index (χ3n) is 3.26. The van der Waals surface area contributed by atoms with E-state index in [2.05, 4.69) is 18.2 Å². The molecule has 0 aliphatic heterocycles. The standard InChI is InChI=1S/C17H18O2/c1-17(2,16(18)19)12-13-7-6-10-15(11-13)14-8-4-3-5-9-14/h3-11H,12H2,1-2H3,(H,18,19). The summed E-state index contributed by atoms with van der Waals surface area (Å²) in [5.74, 6) is -0.766. The van der Waals surface area contributed by atoms with Gasteiger partial charge in [0, 0.05) is 0 Å². The number of carboxylic acid groups (broad SMARTS) is 1. The van der Waals surface area contributed by atoms with Gasteiger partial charge < -0.3 is 5.11 Å². The topological polar surface area (TPSA) is 37.3 Å². The maximum atomic E-state index is 11.2. The van der Waals surface area contributed by atoms with E-state index in [1.165, 1.54) is 0 Å². The summed E-state index contributed by atoms with van der Waals surface area (Å²) in [6.45, 7) is 3.51. The van der Waals surface area contributed by atoms with E-state index in [4.69, 9.17) is 0 Å². The summed E-state index contributed by atoms with van der Waals surface area (Å²) in [5, 5.41) is 9.19. The van der Waals surface area contributed by atoms with Gasteiger partial charge in [0.25, 0.3) is 0 Å². The van der Waals surface area contributed by atoms with Gasteiger partial charge in [0.1, 0.15) is 0 Å². The average molecular weight is 254 g/mol. The van der Waals surface area contributed by atoms with Gasteiger partial charge in [-0.2, -0.15) is 0 Å². The smallest absolute Gasteiger partial charge is 0.309 e. The number of benzene rings is 2. The molecule has 0 radical (unpaired) electrons. The zero-order valence-corrected chi connectivity index (χ0v) is 11.3. The predicted octanol–water partition coefficient (Wildman–Crippen LogP) is 4.01. The summed E-state index contributed by atoms with van der Waals surface area (Å²) in [6.07, 6.45) is 0.531. The van der Waals surface area contributed by atoms with E-state index in [1.807, 2.05) is 36.4 Å². The van der Waals surface area contributed by atoms with Crippen molar-refractivity contribution in [2.24, 2.45) is 5.41 Å². The van der Waals surface area contributed by atoms with Crippen LogP contribution in [0.4, 0.5) is 0 Å². The van der Waals surface area contributed by atoms with Crippen molar-refractivity contribution in [3.63, 3.8) is 0 Å². The Morgan fingerprint density at radius 1 is 1.00 bits per heavy atom. The van der Waals surface area contributed by atoms with E-state index in [0.29, 0.717) is 6.42 Å². The van der Waals surface area contributed by atoms with E-state index < -0.39 is 11.4 Å². The summed E-state index contributed by atoms with van der Waals surface area (Å²) in [6, 6.07) is 18.2. The second-order valence-corrected chi connectivity index (χ2v) is 5.43. The molecular formula is C17H18O2. The highest BCUT2D eigenvalue weighted by Crippen LogP contribution is 2.25. The van der Waals surface area contributed by atoms with E-state index in [9.17, 15) is 9.90 Å². The van der Waals surface area contributed by atoms with Crippen molar-refractivity contribution in [1.29, 1.82) is 0 Å². The van der Waals surface area contributed by atoms with Crippen LogP contribution in [0.3, 0.4) is 0 Å². The Kier molecular flexibility index (Phi) is 3.70. The first kappa shape index (κ1) is 13.3. The molecule has 98 valence electrons. The van der Waals surface area contributed by atoms with Gasteiger partial charge in [-0.1, -0.05) is 54.6 Å². The minimum Gasteiger partial charge on any atom is -0.481 e. The molecule has 0 aliphatic carbocycles. The van der Waals surface area contributed by atoms with Gasteiger partial charge in [0.05, 0.1) is 5.41 Å². The number of rotatable bonds is 4. The van der Waals surface area contributed by atoms with Crippen LogP contribution >= 0.6 is 0 Å². The Balaban J connectivity index is 2.28. The quantitative estimate of drug-likeness (QED) is 0.895. The molecule has 0 aliphatic rings. The first-order chi connectivity index (χ1) is 8.99. The molecule has 2 aromatic rings. The average Bonchev–Trinajstić information content (AvgIpc) is 2.39. The largest absolute Gasteiger partial charge is 0.481 e. The van der Waals surface area contributed by atoms with Crippen LogP contribution in [0.1, 0.15) is 19.4 Å². The van der Waals surface area contributed by atoms with E-state index in [-0.39, 0.29) is 0 Å². The number of hydrogen-bond donors (Lipinski definition) is 1. The molecule has 0 amide bonds. The predicted molar refractivity (Wildman–Crippen MR) is 77.0 cm³/mol. The summed E-state index contributed by atoms with van der Waals surface area (Å²) in [5.41, 5.74) is 2.58. The molecular weight excluding hydrogens is 236 g/mol. The van der Waals surface area contributed by atoms with E-state index >= 15 is 0 Å². The normalized spacial score (nSPS) is 11.3. The molecule has 2 heteroatoms. The third kappa shape index (κ3) is 3.22. The molecule has 0 heterocycles. The minimum absolute atomic E-state index is 0.531. The van der Waals surface area contributed by atoms with E-state index in [1.54, 1.807) is 13.8 Å². The molecule has 2 rings (SSSR count). The first-order valence-electron chi connectivity index (χ1n) is 6.37. The van der Waals surface area contributed by atoms with Crippen LogP contribution in [0.15, 0.2) is 54.6 Å². The molecule has 0 fully saturated rings. The van der Waals surface area contributed by atoms with Gasteiger partial charge in [0.2, 0.25) is 0 Å².